The zero-order valence-corrected chi connectivity index (χ0v) is 14.2. The first-order chi connectivity index (χ1) is 11.0. The van der Waals surface area contributed by atoms with Gasteiger partial charge in [-0.3, -0.25) is 9.59 Å². The van der Waals surface area contributed by atoms with Crippen LogP contribution in [0.5, 0.6) is 0 Å². The molecule has 4 nitrogen and oxygen atoms in total. The molecule has 0 aromatic rings. The van der Waals surface area contributed by atoms with Crippen molar-refractivity contribution >= 4 is 11.9 Å². The Bertz CT molecular complexity index is 460. The van der Waals surface area contributed by atoms with Gasteiger partial charge in [-0.2, -0.15) is 0 Å². The lowest BCUT2D eigenvalue weighted by Gasteiger charge is -2.57. The zero-order chi connectivity index (χ0) is 16.0. The predicted molar refractivity (Wildman–Crippen MR) is 86.6 cm³/mol. The van der Waals surface area contributed by atoms with E-state index < -0.39 is 6.10 Å². The molecule has 5 saturated carbocycles. The number of esters is 1. The number of nitrogens with one attached hydrogen (secondary N) is 1. The molecule has 5 rings (SSSR count). The summed E-state index contributed by atoms with van der Waals surface area (Å²) in [5, 5.41) is 3.30. The molecule has 0 spiro atoms. The van der Waals surface area contributed by atoms with Crippen molar-refractivity contribution in [1.82, 2.24) is 5.32 Å². The molecule has 4 bridgehead atoms. The molecule has 0 heterocycles. The number of amides is 1. The molecule has 0 unspecified atom stereocenters. The molecule has 0 saturated heterocycles. The van der Waals surface area contributed by atoms with Crippen LogP contribution in [0.4, 0.5) is 0 Å². The topological polar surface area (TPSA) is 55.4 Å². The number of hydrogen-bond acceptors (Lipinski definition) is 3. The van der Waals surface area contributed by atoms with Crippen LogP contribution >= 0.6 is 0 Å². The molecule has 4 heteroatoms. The lowest BCUT2D eigenvalue weighted by molar-refractivity contribution is -0.160. The van der Waals surface area contributed by atoms with Crippen molar-refractivity contribution < 1.29 is 14.3 Å². The van der Waals surface area contributed by atoms with Crippen molar-refractivity contribution in [3.8, 4) is 0 Å². The average molecular weight is 319 g/mol. The average Bonchev–Trinajstić information content (AvgIpc) is 2.99. The van der Waals surface area contributed by atoms with E-state index in [-0.39, 0.29) is 23.3 Å². The molecule has 0 aliphatic heterocycles. The molecule has 0 aromatic carbocycles. The van der Waals surface area contributed by atoms with Crippen molar-refractivity contribution in [2.24, 2.45) is 23.7 Å². The molecular formula is C19H29NO3. The first kappa shape index (κ1) is 15.5. The van der Waals surface area contributed by atoms with Crippen LogP contribution in [0.25, 0.3) is 0 Å². The van der Waals surface area contributed by atoms with Gasteiger partial charge in [0.15, 0.2) is 6.10 Å². The van der Waals surface area contributed by atoms with Gasteiger partial charge in [0.25, 0.3) is 5.91 Å². The molecule has 1 atom stereocenters. The monoisotopic (exact) mass is 319 g/mol. The summed E-state index contributed by atoms with van der Waals surface area (Å²) in [7, 11) is 0. The zero-order valence-electron chi connectivity index (χ0n) is 14.2. The van der Waals surface area contributed by atoms with E-state index in [0.717, 1.165) is 62.7 Å². The number of rotatable bonds is 4. The van der Waals surface area contributed by atoms with Crippen LogP contribution in [-0.2, 0) is 14.3 Å². The summed E-state index contributed by atoms with van der Waals surface area (Å²) in [6.07, 6.45) is 10.9. The third-order valence-electron chi connectivity index (χ3n) is 6.78. The number of carbonyl (C=O) groups is 2. The highest BCUT2D eigenvalue weighted by molar-refractivity contribution is 5.84. The van der Waals surface area contributed by atoms with Gasteiger partial charge in [-0.25, -0.2) is 0 Å². The van der Waals surface area contributed by atoms with Gasteiger partial charge in [0.1, 0.15) is 0 Å². The Labute approximate surface area is 138 Å². The predicted octanol–water partition coefficient (Wildman–Crippen LogP) is 3.19. The van der Waals surface area contributed by atoms with Gasteiger partial charge in [0, 0.05) is 5.54 Å². The molecular weight excluding hydrogens is 290 g/mol. The van der Waals surface area contributed by atoms with E-state index in [1.54, 1.807) is 6.92 Å². The summed E-state index contributed by atoms with van der Waals surface area (Å²) < 4.78 is 5.46. The maximum atomic E-state index is 12.6. The quantitative estimate of drug-likeness (QED) is 0.810. The van der Waals surface area contributed by atoms with Crippen molar-refractivity contribution in [2.75, 3.05) is 0 Å². The van der Waals surface area contributed by atoms with Crippen LogP contribution in [0.1, 0.15) is 71.1 Å². The number of carbonyl (C=O) groups excluding carboxylic acids is 2. The van der Waals surface area contributed by atoms with E-state index in [2.05, 4.69) is 5.32 Å². The molecule has 1 amide bonds. The molecule has 5 aliphatic rings. The van der Waals surface area contributed by atoms with Crippen LogP contribution in [-0.4, -0.2) is 23.5 Å². The highest BCUT2D eigenvalue weighted by Crippen LogP contribution is 2.55. The van der Waals surface area contributed by atoms with Gasteiger partial charge in [0.05, 0.1) is 5.92 Å². The lowest BCUT2D eigenvalue weighted by atomic mass is 9.53. The van der Waals surface area contributed by atoms with Crippen LogP contribution < -0.4 is 5.32 Å². The van der Waals surface area contributed by atoms with E-state index in [1.165, 1.54) is 19.3 Å². The first-order valence-corrected chi connectivity index (χ1v) is 9.55. The highest BCUT2D eigenvalue weighted by Gasteiger charge is 2.51. The van der Waals surface area contributed by atoms with E-state index in [0.29, 0.717) is 0 Å². The van der Waals surface area contributed by atoms with Crippen molar-refractivity contribution in [2.45, 2.75) is 82.8 Å². The molecule has 23 heavy (non-hydrogen) atoms. The van der Waals surface area contributed by atoms with Gasteiger partial charge in [-0.05, 0) is 76.0 Å². The second-order valence-corrected chi connectivity index (χ2v) is 8.75. The van der Waals surface area contributed by atoms with E-state index >= 15 is 0 Å². The standard InChI is InChI=1S/C19H29NO3/c1-12(23-18(22)16-4-2-3-5-16)17(21)20-19-9-13-6-14(10-19)8-15(7-13)11-19/h12-16H,2-11H2,1H3,(H,20,21)/t12-,13?,14?,15?,19?/m1/s1. The summed E-state index contributed by atoms with van der Waals surface area (Å²) >= 11 is 0. The lowest BCUT2D eigenvalue weighted by Crippen LogP contribution is -2.61. The third kappa shape index (κ3) is 3.01. The van der Waals surface area contributed by atoms with E-state index in [9.17, 15) is 9.59 Å². The maximum Gasteiger partial charge on any atom is 0.309 e. The summed E-state index contributed by atoms with van der Waals surface area (Å²) in [5.41, 5.74) is -0.000139. The molecule has 5 fully saturated rings. The van der Waals surface area contributed by atoms with Crippen molar-refractivity contribution in [1.29, 1.82) is 0 Å². The second kappa shape index (κ2) is 5.78. The Balaban J connectivity index is 1.35. The van der Waals surface area contributed by atoms with Gasteiger partial charge in [0.2, 0.25) is 0 Å². The minimum absolute atomic E-state index is 0.000139. The number of hydrogen-bond donors (Lipinski definition) is 1. The SMILES string of the molecule is C[C@@H](OC(=O)C1CCCC1)C(=O)NC12CC3CC(CC(C3)C1)C2. The van der Waals surface area contributed by atoms with Crippen molar-refractivity contribution in [3.63, 3.8) is 0 Å². The Morgan fingerprint density at radius 3 is 2.04 bits per heavy atom. The Kier molecular flexibility index (Phi) is 3.89. The van der Waals surface area contributed by atoms with Crippen molar-refractivity contribution in [3.05, 3.63) is 0 Å². The molecule has 1 N–H and O–H groups in total. The summed E-state index contributed by atoms with van der Waals surface area (Å²) in [6.45, 7) is 1.72. The van der Waals surface area contributed by atoms with Crippen LogP contribution in [0.3, 0.4) is 0 Å². The fourth-order valence-electron chi connectivity index (χ4n) is 6.11. The minimum Gasteiger partial charge on any atom is -0.452 e. The third-order valence-corrected chi connectivity index (χ3v) is 6.78. The summed E-state index contributed by atoms with van der Waals surface area (Å²) in [6, 6.07) is 0. The van der Waals surface area contributed by atoms with Gasteiger partial charge in [-0.15, -0.1) is 0 Å². The summed E-state index contributed by atoms with van der Waals surface area (Å²) in [5.74, 6) is 2.17. The van der Waals surface area contributed by atoms with Crippen LogP contribution in [0.2, 0.25) is 0 Å². The maximum absolute atomic E-state index is 12.6. The molecule has 128 valence electrons. The fraction of sp³-hybridized carbons (Fsp3) is 0.895. The van der Waals surface area contributed by atoms with Gasteiger partial charge in [-0.1, -0.05) is 12.8 Å². The van der Waals surface area contributed by atoms with E-state index in [4.69, 9.17) is 4.74 Å². The Morgan fingerprint density at radius 2 is 1.52 bits per heavy atom. The number of ether oxygens (including phenoxy) is 1. The fourth-order valence-corrected chi connectivity index (χ4v) is 6.11. The van der Waals surface area contributed by atoms with Gasteiger partial charge < -0.3 is 10.1 Å². The molecule has 0 aromatic heterocycles. The first-order valence-electron chi connectivity index (χ1n) is 9.55. The second-order valence-electron chi connectivity index (χ2n) is 8.75. The Hall–Kier alpha value is -1.06. The van der Waals surface area contributed by atoms with Crippen LogP contribution in [0.15, 0.2) is 0 Å². The minimum atomic E-state index is -0.656. The smallest absolute Gasteiger partial charge is 0.309 e. The largest absolute Gasteiger partial charge is 0.452 e. The van der Waals surface area contributed by atoms with Gasteiger partial charge >= 0.3 is 5.97 Å². The molecule has 5 aliphatic carbocycles. The molecule has 0 radical (unpaired) electrons. The van der Waals surface area contributed by atoms with Crippen LogP contribution in [0, 0.1) is 23.7 Å². The van der Waals surface area contributed by atoms with E-state index in [1.807, 2.05) is 0 Å². The normalized spacial score (nSPS) is 40.1. The Morgan fingerprint density at radius 1 is 1.00 bits per heavy atom. The summed E-state index contributed by atoms with van der Waals surface area (Å²) in [4.78, 5) is 24.7. The highest BCUT2D eigenvalue weighted by atomic mass is 16.5.